The van der Waals surface area contributed by atoms with Crippen LogP contribution in [0.2, 0.25) is 0 Å². The third-order valence-corrected chi connectivity index (χ3v) is 3.17. The number of hydrogen-bond acceptors (Lipinski definition) is 3. The largest absolute Gasteiger partial charge is 0.494 e. The summed E-state index contributed by atoms with van der Waals surface area (Å²) in [7, 11) is 0. The van der Waals surface area contributed by atoms with Crippen LogP contribution in [0.15, 0.2) is 24.3 Å². The lowest BCUT2D eigenvalue weighted by Gasteiger charge is -2.20. The summed E-state index contributed by atoms with van der Waals surface area (Å²) in [6, 6.07) is 5.47. The quantitative estimate of drug-likeness (QED) is 0.721. The molecule has 0 fully saturated rings. The van der Waals surface area contributed by atoms with E-state index in [2.05, 4.69) is 10.6 Å². The van der Waals surface area contributed by atoms with Crippen molar-refractivity contribution >= 4 is 17.7 Å². The van der Waals surface area contributed by atoms with Crippen LogP contribution in [0.25, 0.3) is 0 Å². The lowest BCUT2D eigenvalue weighted by molar-refractivity contribution is -0.140. The van der Waals surface area contributed by atoms with E-state index in [1.807, 2.05) is 13.8 Å². The molecule has 1 aromatic carbocycles. The lowest BCUT2D eigenvalue weighted by Crippen LogP contribution is -2.46. The summed E-state index contributed by atoms with van der Waals surface area (Å²) >= 11 is 0. The minimum absolute atomic E-state index is 0.150. The Labute approximate surface area is 124 Å². The molecule has 0 saturated heterocycles. The van der Waals surface area contributed by atoms with Gasteiger partial charge in [-0.1, -0.05) is 26.3 Å². The molecule has 0 aromatic heterocycles. The van der Waals surface area contributed by atoms with Crippen molar-refractivity contribution in [3.8, 4) is 5.75 Å². The molecule has 1 rings (SSSR count). The highest BCUT2D eigenvalue weighted by molar-refractivity contribution is 5.92. The molecule has 2 amide bonds. The first kappa shape index (κ1) is 16.8. The van der Waals surface area contributed by atoms with Crippen molar-refractivity contribution in [1.29, 1.82) is 0 Å². The minimum atomic E-state index is -1.04. The number of carboxylic acid groups (broad SMARTS) is 1. The third kappa shape index (κ3) is 5.33. The monoisotopic (exact) mass is 294 g/mol. The molecular weight excluding hydrogens is 272 g/mol. The maximum absolute atomic E-state index is 11.9. The molecule has 6 heteroatoms. The van der Waals surface area contributed by atoms with Gasteiger partial charge in [-0.2, -0.15) is 0 Å². The predicted octanol–water partition coefficient (Wildman–Crippen LogP) is 2.71. The normalized spacial score (nSPS) is 13.1. The van der Waals surface area contributed by atoms with Crippen LogP contribution in [0.5, 0.6) is 5.75 Å². The predicted molar refractivity (Wildman–Crippen MR) is 80.6 cm³/mol. The number of hydrogen-bond donors (Lipinski definition) is 3. The lowest BCUT2D eigenvalue weighted by atomic mass is 9.99. The Morgan fingerprint density at radius 1 is 1.33 bits per heavy atom. The SMILES string of the molecule is CCOc1cccc(NC(=O)N[C@H](C(=O)O)[C@@H](C)CC)c1. The van der Waals surface area contributed by atoms with E-state index in [-0.39, 0.29) is 5.92 Å². The summed E-state index contributed by atoms with van der Waals surface area (Å²) in [5.41, 5.74) is 0.548. The minimum Gasteiger partial charge on any atom is -0.494 e. The molecule has 0 aliphatic heterocycles. The molecule has 0 radical (unpaired) electrons. The zero-order valence-electron chi connectivity index (χ0n) is 12.6. The van der Waals surface area contributed by atoms with Crippen molar-refractivity contribution in [2.24, 2.45) is 5.92 Å². The van der Waals surface area contributed by atoms with Gasteiger partial charge in [-0.15, -0.1) is 0 Å². The fraction of sp³-hybridized carbons (Fsp3) is 0.467. The number of urea groups is 1. The van der Waals surface area contributed by atoms with Crippen LogP contribution in [-0.2, 0) is 4.79 Å². The van der Waals surface area contributed by atoms with Crippen LogP contribution in [0, 0.1) is 5.92 Å². The number of ether oxygens (including phenoxy) is 1. The Hall–Kier alpha value is -2.24. The fourth-order valence-electron chi connectivity index (χ4n) is 1.82. The van der Waals surface area contributed by atoms with Gasteiger partial charge in [0.15, 0.2) is 0 Å². The molecular formula is C15H22N2O4. The average molecular weight is 294 g/mol. The molecule has 0 bridgehead atoms. The number of aliphatic carboxylic acids is 1. The van der Waals surface area contributed by atoms with Crippen molar-refractivity contribution in [3.63, 3.8) is 0 Å². The molecule has 3 N–H and O–H groups in total. The Bertz CT molecular complexity index is 490. The maximum Gasteiger partial charge on any atom is 0.326 e. The number of carbonyl (C=O) groups excluding carboxylic acids is 1. The smallest absolute Gasteiger partial charge is 0.326 e. The van der Waals surface area contributed by atoms with Crippen LogP contribution in [0.3, 0.4) is 0 Å². The van der Waals surface area contributed by atoms with Crippen LogP contribution in [-0.4, -0.2) is 29.8 Å². The summed E-state index contributed by atoms with van der Waals surface area (Å²) in [4.78, 5) is 23.1. The number of carbonyl (C=O) groups is 2. The van der Waals surface area contributed by atoms with Gasteiger partial charge in [-0.05, 0) is 25.0 Å². The zero-order chi connectivity index (χ0) is 15.8. The first-order chi connectivity index (χ1) is 9.97. The summed E-state index contributed by atoms with van der Waals surface area (Å²) in [5, 5.41) is 14.2. The molecule has 0 heterocycles. The van der Waals surface area contributed by atoms with E-state index in [0.717, 1.165) is 0 Å². The molecule has 0 aliphatic rings. The first-order valence-electron chi connectivity index (χ1n) is 7.01. The number of anilines is 1. The molecule has 1 aromatic rings. The van der Waals surface area contributed by atoms with Crippen molar-refractivity contribution in [3.05, 3.63) is 24.3 Å². The third-order valence-electron chi connectivity index (χ3n) is 3.17. The second-order valence-corrected chi connectivity index (χ2v) is 4.76. The van der Waals surface area contributed by atoms with Gasteiger partial charge in [-0.3, -0.25) is 0 Å². The molecule has 2 atom stereocenters. The molecule has 0 unspecified atom stereocenters. The van der Waals surface area contributed by atoms with E-state index in [0.29, 0.717) is 24.5 Å². The number of carboxylic acids is 1. The number of nitrogens with one attached hydrogen (secondary N) is 2. The molecule has 0 spiro atoms. The highest BCUT2D eigenvalue weighted by Gasteiger charge is 2.25. The van der Waals surface area contributed by atoms with Gasteiger partial charge in [0.1, 0.15) is 11.8 Å². The Morgan fingerprint density at radius 2 is 2.05 bits per heavy atom. The molecule has 0 aliphatic carbocycles. The van der Waals surface area contributed by atoms with Gasteiger partial charge < -0.3 is 20.5 Å². The van der Waals surface area contributed by atoms with E-state index >= 15 is 0 Å². The summed E-state index contributed by atoms with van der Waals surface area (Å²) in [5.74, 6) is -0.544. The van der Waals surface area contributed by atoms with Gasteiger partial charge in [0, 0.05) is 11.8 Å². The number of amides is 2. The summed E-state index contributed by atoms with van der Waals surface area (Å²) in [6.07, 6.45) is 0.664. The van der Waals surface area contributed by atoms with Gasteiger partial charge in [0.2, 0.25) is 0 Å². The highest BCUT2D eigenvalue weighted by Crippen LogP contribution is 2.17. The molecule has 6 nitrogen and oxygen atoms in total. The zero-order valence-corrected chi connectivity index (χ0v) is 12.6. The van der Waals surface area contributed by atoms with E-state index in [1.165, 1.54) is 0 Å². The van der Waals surface area contributed by atoms with Gasteiger partial charge in [0.05, 0.1) is 6.61 Å². The van der Waals surface area contributed by atoms with E-state index < -0.39 is 18.0 Å². The van der Waals surface area contributed by atoms with Gasteiger partial charge in [0.25, 0.3) is 0 Å². The van der Waals surface area contributed by atoms with Crippen molar-refractivity contribution in [2.45, 2.75) is 33.2 Å². The standard InChI is InChI=1S/C15H22N2O4/c1-4-10(3)13(14(18)19)17-15(20)16-11-7-6-8-12(9-11)21-5-2/h6-10,13H,4-5H2,1-3H3,(H,18,19)(H2,16,17,20)/t10-,13-/m0/s1. The van der Waals surface area contributed by atoms with Crippen molar-refractivity contribution < 1.29 is 19.4 Å². The average Bonchev–Trinajstić information content (AvgIpc) is 2.44. The second-order valence-electron chi connectivity index (χ2n) is 4.76. The topological polar surface area (TPSA) is 87.7 Å². The van der Waals surface area contributed by atoms with Crippen molar-refractivity contribution in [1.82, 2.24) is 5.32 Å². The Balaban J connectivity index is 2.67. The number of rotatable bonds is 7. The molecule has 0 saturated carbocycles. The van der Waals surface area contributed by atoms with E-state index in [1.54, 1.807) is 31.2 Å². The van der Waals surface area contributed by atoms with E-state index in [9.17, 15) is 9.59 Å². The Morgan fingerprint density at radius 3 is 2.62 bits per heavy atom. The fourth-order valence-corrected chi connectivity index (χ4v) is 1.82. The van der Waals surface area contributed by atoms with Crippen LogP contribution in [0.4, 0.5) is 10.5 Å². The molecule has 116 valence electrons. The summed E-state index contributed by atoms with van der Waals surface area (Å²) in [6.45, 7) is 6.07. The van der Waals surface area contributed by atoms with Crippen LogP contribution >= 0.6 is 0 Å². The van der Waals surface area contributed by atoms with Crippen molar-refractivity contribution in [2.75, 3.05) is 11.9 Å². The Kier molecular flexibility index (Phi) is 6.52. The van der Waals surface area contributed by atoms with E-state index in [4.69, 9.17) is 9.84 Å². The summed E-state index contributed by atoms with van der Waals surface area (Å²) < 4.78 is 5.34. The maximum atomic E-state index is 11.9. The first-order valence-corrected chi connectivity index (χ1v) is 7.01. The van der Waals surface area contributed by atoms with Crippen LogP contribution < -0.4 is 15.4 Å². The van der Waals surface area contributed by atoms with Crippen LogP contribution in [0.1, 0.15) is 27.2 Å². The van der Waals surface area contributed by atoms with Gasteiger partial charge >= 0.3 is 12.0 Å². The second kappa shape index (κ2) is 8.14. The van der Waals surface area contributed by atoms with Gasteiger partial charge in [-0.25, -0.2) is 9.59 Å². The molecule has 21 heavy (non-hydrogen) atoms. The number of benzene rings is 1. The highest BCUT2D eigenvalue weighted by atomic mass is 16.5.